The molecule has 0 spiro atoms. The lowest BCUT2D eigenvalue weighted by molar-refractivity contribution is 0.00578. The molecule has 0 aliphatic carbocycles. The maximum absolute atomic E-state index is 6.10. The van der Waals surface area contributed by atoms with E-state index >= 15 is 0 Å². The lowest BCUT2D eigenvalue weighted by atomic mass is 9.78. The molecule has 0 bridgehead atoms. The molecule has 2 aromatic rings. The minimum atomic E-state index is -0.366. The molecule has 1 aromatic carbocycles. The van der Waals surface area contributed by atoms with Gasteiger partial charge in [0.15, 0.2) is 5.82 Å². The van der Waals surface area contributed by atoms with Crippen molar-refractivity contribution in [1.29, 1.82) is 0 Å². The van der Waals surface area contributed by atoms with Crippen molar-refractivity contribution >= 4 is 12.6 Å². The number of nitrogens with zero attached hydrogens (tertiary/aromatic N) is 3. The Morgan fingerprint density at radius 3 is 2.27 bits per heavy atom. The normalized spacial score (nSPS) is 19.6. The van der Waals surface area contributed by atoms with Gasteiger partial charge >= 0.3 is 7.12 Å². The highest BCUT2D eigenvalue weighted by atomic mass is 16.7. The largest absolute Gasteiger partial charge is 0.494 e. The van der Waals surface area contributed by atoms with Gasteiger partial charge in [0.2, 0.25) is 0 Å². The lowest BCUT2D eigenvalue weighted by Gasteiger charge is -2.32. The van der Waals surface area contributed by atoms with E-state index in [9.17, 15) is 0 Å². The first-order valence-electron chi connectivity index (χ1n) is 7.53. The number of hydrogen-bond donors (Lipinski definition) is 0. The first kappa shape index (κ1) is 15.2. The summed E-state index contributed by atoms with van der Waals surface area (Å²) in [4.78, 5) is 4.48. The van der Waals surface area contributed by atoms with Gasteiger partial charge < -0.3 is 9.31 Å². The second-order valence-electron chi connectivity index (χ2n) is 6.82. The fourth-order valence-corrected chi connectivity index (χ4v) is 2.39. The monoisotopic (exact) mass is 299 g/mol. The Morgan fingerprint density at radius 1 is 1.09 bits per heavy atom. The van der Waals surface area contributed by atoms with Gasteiger partial charge in [0.1, 0.15) is 5.82 Å². The van der Waals surface area contributed by atoms with Gasteiger partial charge in [-0.05, 0) is 40.1 Å². The molecule has 5 nitrogen and oxygen atoms in total. The van der Waals surface area contributed by atoms with Crippen molar-refractivity contribution in [2.75, 3.05) is 0 Å². The molecular weight excluding hydrogens is 277 g/mol. The third-order valence-electron chi connectivity index (χ3n) is 4.65. The van der Waals surface area contributed by atoms with Crippen LogP contribution in [0, 0.1) is 6.92 Å². The highest BCUT2D eigenvalue weighted by Gasteiger charge is 2.51. The van der Waals surface area contributed by atoms with Gasteiger partial charge in [0, 0.05) is 12.6 Å². The molecule has 3 rings (SSSR count). The molecule has 1 aliphatic rings. The van der Waals surface area contributed by atoms with Crippen LogP contribution in [0.5, 0.6) is 0 Å². The number of aromatic nitrogens is 3. The average Bonchev–Trinajstić information content (AvgIpc) is 2.87. The third-order valence-corrected chi connectivity index (χ3v) is 4.65. The van der Waals surface area contributed by atoms with Crippen molar-refractivity contribution in [2.45, 2.75) is 45.8 Å². The van der Waals surface area contributed by atoms with E-state index in [1.165, 1.54) is 0 Å². The topological polar surface area (TPSA) is 49.2 Å². The van der Waals surface area contributed by atoms with Crippen LogP contribution in [0.25, 0.3) is 11.4 Å². The first-order chi connectivity index (χ1) is 10.2. The zero-order valence-electron chi connectivity index (χ0n) is 14.0. The Hall–Kier alpha value is -1.66. The van der Waals surface area contributed by atoms with Crippen LogP contribution in [0.2, 0.25) is 0 Å². The maximum Gasteiger partial charge on any atom is 0.494 e. The molecule has 1 saturated heterocycles. The lowest BCUT2D eigenvalue weighted by Crippen LogP contribution is -2.41. The molecule has 0 N–H and O–H groups in total. The zero-order valence-corrected chi connectivity index (χ0v) is 14.0. The number of benzene rings is 1. The number of hydrogen-bond acceptors (Lipinski definition) is 4. The quantitative estimate of drug-likeness (QED) is 0.797. The summed E-state index contributed by atoms with van der Waals surface area (Å²) < 4.78 is 14.0. The highest BCUT2D eigenvalue weighted by molar-refractivity contribution is 6.62. The van der Waals surface area contributed by atoms with Gasteiger partial charge in [-0.1, -0.05) is 24.3 Å². The predicted molar refractivity (Wildman–Crippen MR) is 86.9 cm³/mol. The molecule has 116 valence electrons. The van der Waals surface area contributed by atoms with Gasteiger partial charge in [-0.2, -0.15) is 5.10 Å². The summed E-state index contributed by atoms with van der Waals surface area (Å²) in [6.07, 6.45) is 0. The summed E-state index contributed by atoms with van der Waals surface area (Å²) in [5, 5.41) is 4.43. The van der Waals surface area contributed by atoms with Gasteiger partial charge in [0.25, 0.3) is 0 Å². The Bertz CT molecular complexity index is 674. The Labute approximate surface area is 131 Å². The van der Waals surface area contributed by atoms with Crippen LogP contribution >= 0.6 is 0 Å². The zero-order chi connectivity index (χ0) is 16.1. The molecule has 22 heavy (non-hydrogen) atoms. The summed E-state index contributed by atoms with van der Waals surface area (Å²) in [6.45, 7) is 10.2. The van der Waals surface area contributed by atoms with Crippen LogP contribution in [0.1, 0.15) is 33.5 Å². The predicted octanol–water partition coefficient (Wildman–Crippen LogP) is 2.09. The van der Waals surface area contributed by atoms with Gasteiger partial charge in [-0.25, -0.2) is 4.98 Å². The fraction of sp³-hybridized carbons (Fsp3) is 0.500. The smallest absolute Gasteiger partial charge is 0.399 e. The van der Waals surface area contributed by atoms with Crippen molar-refractivity contribution in [3.63, 3.8) is 0 Å². The van der Waals surface area contributed by atoms with Crippen LogP contribution in [0.3, 0.4) is 0 Å². The van der Waals surface area contributed by atoms with E-state index in [0.29, 0.717) is 0 Å². The summed E-state index contributed by atoms with van der Waals surface area (Å²) in [6, 6.07) is 8.04. The number of rotatable bonds is 2. The first-order valence-corrected chi connectivity index (χ1v) is 7.53. The highest BCUT2D eigenvalue weighted by Crippen LogP contribution is 2.36. The molecular formula is C16H22BN3O2. The minimum Gasteiger partial charge on any atom is -0.399 e. The Kier molecular flexibility index (Phi) is 3.42. The summed E-state index contributed by atoms with van der Waals surface area (Å²) in [5.74, 6) is 1.61. The second-order valence-corrected chi connectivity index (χ2v) is 6.82. The maximum atomic E-state index is 6.10. The van der Waals surface area contributed by atoms with E-state index in [1.54, 1.807) is 4.68 Å². The van der Waals surface area contributed by atoms with Crippen LogP contribution in [0.15, 0.2) is 24.3 Å². The molecule has 0 saturated carbocycles. The standard InChI is InChI=1S/C16H22BN3O2/c1-11-18-14(19-20(11)6)12-8-7-9-13(10-12)17-21-15(2,3)16(4,5)22-17/h7-10H,1-6H3. The minimum absolute atomic E-state index is 0.340. The molecule has 0 amide bonds. The molecule has 0 radical (unpaired) electrons. The van der Waals surface area contributed by atoms with Gasteiger partial charge in [0.05, 0.1) is 11.2 Å². The molecule has 0 atom stereocenters. The summed E-state index contributed by atoms with van der Waals surface area (Å²) in [7, 11) is 1.53. The van der Waals surface area contributed by atoms with Crippen LogP contribution < -0.4 is 5.46 Å². The molecule has 1 aliphatic heterocycles. The second kappa shape index (κ2) is 4.93. The Balaban J connectivity index is 1.93. The van der Waals surface area contributed by atoms with Gasteiger partial charge in [-0.3, -0.25) is 4.68 Å². The SMILES string of the molecule is Cc1nc(-c2cccc(B3OC(C)(C)C(C)(C)O3)c2)nn1C. The molecule has 0 unspecified atom stereocenters. The van der Waals surface area contributed by atoms with E-state index in [2.05, 4.69) is 37.8 Å². The molecule has 1 aromatic heterocycles. The van der Waals surface area contributed by atoms with Gasteiger partial charge in [-0.15, -0.1) is 0 Å². The molecule has 6 heteroatoms. The van der Waals surface area contributed by atoms with Crippen molar-refractivity contribution < 1.29 is 9.31 Å². The van der Waals surface area contributed by atoms with Crippen LogP contribution in [-0.2, 0) is 16.4 Å². The van der Waals surface area contributed by atoms with Crippen molar-refractivity contribution in [3.05, 3.63) is 30.1 Å². The molecule has 1 fully saturated rings. The summed E-state index contributed by atoms with van der Waals surface area (Å²) >= 11 is 0. The fourth-order valence-electron chi connectivity index (χ4n) is 2.39. The van der Waals surface area contributed by atoms with Crippen molar-refractivity contribution in [3.8, 4) is 11.4 Å². The van der Waals surface area contributed by atoms with E-state index in [4.69, 9.17) is 9.31 Å². The number of aryl methyl sites for hydroxylation is 2. The van der Waals surface area contributed by atoms with Crippen molar-refractivity contribution in [1.82, 2.24) is 14.8 Å². The van der Waals surface area contributed by atoms with Crippen LogP contribution in [0.4, 0.5) is 0 Å². The van der Waals surface area contributed by atoms with E-state index in [1.807, 2.05) is 38.2 Å². The molecule has 2 heterocycles. The Morgan fingerprint density at radius 2 is 1.73 bits per heavy atom. The van der Waals surface area contributed by atoms with E-state index in [0.717, 1.165) is 22.7 Å². The van der Waals surface area contributed by atoms with Crippen LogP contribution in [-0.4, -0.2) is 33.1 Å². The van der Waals surface area contributed by atoms with Crippen molar-refractivity contribution in [2.24, 2.45) is 7.05 Å². The average molecular weight is 299 g/mol. The summed E-state index contributed by atoms with van der Waals surface area (Å²) in [5.41, 5.74) is 1.28. The van der Waals surface area contributed by atoms with E-state index < -0.39 is 0 Å². The van der Waals surface area contributed by atoms with E-state index in [-0.39, 0.29) is 18.3 Å². The third kappa shape index (κ3) is 2.46.